The summed E-state index contributed by atoms with van der Waals surface area (Å²) in [6.45, 7) is 29.7. The van der Waals surface area contributed by atoms with Crippen molar-refractivity contribution in [3.8, 4) is 0 Å². The Morgan fingerprint density at radius 1 is 0.506 bits per heavy atom. The molecule has 0 bridgehead atoms. The number of carbonyl (C=O) groups excluding carboxylic acids is 11. The number of aliphatic hydroxyl groups excluding tert-OH is 1. The molecular weight excluding hydrogens is 1110 g/mol. The van der Waals surface area contributed by atoms with Gasteiger partial charge < -0.3 is 60.7 Å². The van der Waals surface area contributed by atoms with Crippen molar-refractivity contribution in [3.63, 3.8) is 0 Å². The van der Waals surface area contributed by atoms with Gasteiger partial charge in [0.2, 0.25) is 65.0 Å². The lowest BCUT2D eigenvalue weighted by atomic mass is 9.91. The fraction of sp³-hybridized carbons (Fsp3) is 0.766. The third kappa shape index (κ3) is 22.9. The van der Waals surface area contributed by atoms with Gasteiger partial charge in [-0.2, -0.15) is 0 Å². The van der Waals surface area contributed by atoms with Crippen LogP contribution >= 0.6 is 0 Å². The lowest BCUT2D eigenvalue weighted by molar-refractivity contribution is -0.157. The van der Waals surface area contributed by atoms with Crippen LogP contribution in [0.1, 0.15) is 156 Å². The van der Waals surface area contributed by atoms with E-state index in [-0.39, 0.29) is 49.4 Å². The van der Waals surface area contributed by atoms with Gasteiger partial charge in [-0.1, -0.05) is 115 Å². The van der Waals surface area contributed by atoms with Crippen molar-refractivity contribution in [1.82, 2.24) is 55.6 Å². The number of allylic oxidation sites excluding steroid dienone is 2. The van der Waals surface area contributed by atoms with Gasteiger partial charge in [0.25, 0.3) is 0 Å². The molecule has 0 saturated carbocycles. The summed E-state index contributed by atoms with van der Waals surface area (Å²) in [5.74, 6) is -9.18. The minimum Gasteiger partial charge on any atom is -0.390 e. The second-order valence-electron chi connectivity index (χ2n) is 26.5. The van der Waals surface area contributed by atoms with Crippen molar-refractivity contribution in [2.45, 2.75) is 223 Å². The van der Waals surface area contributed by atoms with Crippen LogP contribution in [0.3, 0.4) is 0 Å². The molecule has 0 aromatic heterocycles. The summed E-state index contributed by atoms with van der Waals surface area (Å²) in [6.07, 6.45) is 6.14. The van der Waals surface area contributed by atoms with E-state index in [9.17, 15) is 48.3 Å². The Bertz CT molecular complexity index is 2410. The smallest absolute Gasteiger partial charge is 0.246 e. The van der Waals surface area contributed by atoms with Crippen LogP contribution in [0.25, 0.3) is 0 Å². The molecule has 0 radical (unpaired) electrons. The number of rotatable bonds is 15. The second kappa shape index (κ2) is 36.2. The Kier molecular flexibility index (Phi) is 32.7. The average molecular weight is 1230 g/mol. The number of nitrogens with one attached hydrogen (secondary N) is 4. The van der Waals surface area contributed by atoms with Gasteiger partial charge >= 0.3 is 0 Å². The molecule has 0 saturated heterocycles. The first-order chi connectivity index (χ1) is 40.2. The van der Waals surface area contributed by atoms with Gasteiger partial charge in [0.15, 0.2) is 0 Å². The number of amides is 11. The van der Waals surface area contributed by atoms with Crippen LogP contribution in [0.5, 0.6) is 0 Å². The summed E-state index contributed by atoms with van der Waals surface area (Å²) in [5.41, 5.74) is 0. The zero-order valence-electron chi connectivity index (χ0n) is 57.2. The van der Waals surface area contributed by atoms with Crippen molar-refractivity contribution >= 4 is 65.0 Å². The second-order valence-corrected chi connectivity index (χ2v) is 26.5. The van der Waals surface area contributed by atoms with E-state index in [0.717, 1.165) is 4.90 Å². The lowest BCUT2D eigenvalue weighted by Crippen LogP contribution is -2.63. The Morgan fingerprint density at radius 2 is 0.966 bits per heavy atom. The van der Waals surface area contributed by atoms with Gasteiger partial charge in [-0.25, -0.2) is 0 Å². The molecule has 0 aromatic rings. The summed E-state index contributed by atoms with van der Waals surface area (Å²) < 4.78 is 0. The van der Waals surface area contributed by atoms with Gasteiger partial charge in [-0.15, -0.1) is 0 Å². The highest BCUT2D eigenvalue weighted by Gasteiger charge is 2.45. The first-order valence-corrected chi connectivity index (χ1v) is 31.2. The molecule has 1 rings (SSSR count). The van der Waals surface area contributed by atoms with Gasteiger partial charge in [0, 0.05) is 55.4 Å². The normalized spacial score (nSPS) is 26.7. The molecule has 0 spiro atoms. The van der Waals surface area contributed by atoms with E-state index in [0.29, 0.717) is 12.8 Å². The standard InChI is InChI=1S/C64H113N11O12/c1-25-27-28-42(15)55(78)54-58(81)67-46(26-2)60(83)69(18)35-51(77)70(19)45(31-36(3)4)29-30-50(76)68-52(40(11)12)63(86)71(20)47(32-37(5)6)57(80)65-43(16)56(79)66-44(17)59(82)72(21)48(33-38(7)8)61(84)73(22)49(34-39(9)10)62(85)74(23)53(41(13)14)64(87)75(54)24/h25,27,29-30,36-49,52-55,78H,26,28,31-35H2,1-24H3,(H,65,80)(H,66,79)(H,67,81)(H,68,76)/b27-25+,30-29?/t42-,43+,44-,45-,46+,47+,48+,49+,52+,53+,54+,55-/m1/s1. The monoisotopic (exact) mass is 1230 g/mol. The van der Waals surface area contributed by atoms with Gasteiger partial charge in [-0.3, -0.25) is 52.7 Å². The Morgan fingerprint density at radius 3 is 1.44 bits per heavy atom. The maximum atomic E-state index is 15.1. The van der Waals surface area contributed by atoms with Crippen molar-refractivity contribution in [2.75, 3.05) is 55.9 Å². The summed E-state index contributed by atoms with van der Waals surface area (Å²) in [5, 5.41) is 23.0. The zero-order valence-corrected chi connectivity index (χ0v) is 57.2. The molecule has 12 atom stereocenters. The highest BCUT2D eigenvalue weighted by molar-refractivity contribution is 5.99. The fourth-order valence-electron chi connectivity index (χ4n) is 10.8. The quantitative estimate of drug-likeness (QED) is 0.146. The summed E-state index contributed by atoms with van der Waals surface area (Å²) in [4.78, 5) is 168. The van der Waals surface area contributed by atoms with Crippen LogP contribution in [0.15, 0.2) is 24.3 Å². The van der Waals surface area contributed by atoms with E-state index in [1.807, 2.05) is 61.5 Å². The van der Waals surface area contributed by atoms with Crippen molar-refractivity contribution in [1.29, 1.82) is 0 Å². The Labute approximate surface area is 520 Å². The minimum absolute atomic E-state index is 0.0265. The molecule has 0 aliphatic carbocycles. The highest BCUT2D eigenvalue weighted by atomic mass is 16.3. The van der Waals surface area contributed by atoms with E-state index in [1.54, 1.807) is 67.7 Å². The number of hydrogen-bond donors (Lipinski definition) is 5. The van der Waals surface area contributed by atoms with Gasteiger partial charge in [0.05, 0.1) is 18.7 Å². The molecule has 1 heterocycles. The average Bonchev–Trinajstić information content (AvgIpc) is 1.88. The van der Waals surface area contributed by atoms with Gasteiger partial charge in [-0.05, 0) is 101 Å². The third-order valence-electron chi connectivity index (χ3n) is 16.3. The minimum atomic E-state index is -1.60. The van der Waals surface area contributed by atoms with Crippen molar-refractivity contribution < 1.29 is 57.8 Å². The summed E-state index contributed by atoms with van der Waals surface area (Å²) in [7, 11) is 10.1. The van der Waals surface area contributed by atoms with Crippen LogP contribution in [0.4, 0.5) is 0 Å². The number of nitrogens with zero attached hydrogens (tertiary/aromatic N) is 7. The summed E-state index contributed by atoms with van der Waals surface area (Å²) in [6, 6.07) is -11.7. The van der Waals surface area contributed by atoms with Crippen LogP contribution in [0.2, 0.25) is 0 Å². The predicted octanol–water partition coefficient (Wildman–Crippen LogP) is 3.83. The first kappa shape index (κ1) is 78.6. The molecule has 1 aliphatic rings. The molecule has 87 heavy (non-hydrogen) atoms. The maximum Gasteiger partial charge on any atom is 0.246 e. The molecule has 1 aliphatic heterocycles. The molecule has 5 N–H and O–H groups in total. The number of carbonyl (C=O) groups is 11. The fourth-order valence-corrected chi connectivity index (χ4v) is 10.8. The van der Waals surface area contributed by atoms with Crippen LogP contribution < -0.4 is 21.3 Å². The Balaban J connectivity index is 4.28. The first-order valence-electron chi connectivity index (χ1n) is 31.2. The van der Waals surface area contributed by atoms with E-state index < -0.39 is 156 Å². The van der Waals surface area contributed by atoms with Crippen molar-refractivity contribution in [2.24, 2.45) is 41.4 Å². The van der Waals surface area contributed by atoms with Crippen LogP contribution in [-0.4, -0.2) is 227 Å². The SMILES string of the molecule is C/C=C/C[C@@H](C)[C@@H](O)[C@H]1C(=O)N[C@@H](CC)C(=O)N(C)CC(=O)N(C)[C@@H](CC(C)C)C=CC(=O)N[C@@H](C(C)C)C(=O)N(C)[C@@H](CC(C)C)C(=O)N[C@@H](C)C(=O)N[C@H](C)C(=O)N(C)[C@@H](CC(C)C)C(=O)N(C)[C@@H](CC(C)C)C(=O)N(C)[C@@H](C(C)C)C(=O)N1C. The number of aliphatic hydroxyl groups is 1. The largest absolute Gasteiger partial charge is 0.390 e. The molecule has 0 unspecified atom stereocenters. The van der Waals surface area contributed by atoms with Gasteiger partial charge in [0.1, 0.15) is 54.4 Å². The van der Waals surface area contributed by atoms with E-state index in [1.165, 1.54) is 91.6 Å². The topological polar surface area (TPSA) is 279 Å². The zero-order chi connectivity index (χ0) is 67.4. The van der Waals surface area contributed by atoms with Crippen molar-refractivity contribution in [3.05, 3.63) is 24.3 Å². The molecule has 496 valence electrons. The third-order valence-corrected chi connectivity index (χ3v) is 16.3. The lowest BCUT2D eigenvalue weighted by Gasteiger charge is -2.41. The maximum absolute atomic E-state index is 15.1. The van der Waals surface area contributed by atoms with E-state index in [2.05, 4.69) is 21.3 Å². The highest BCUT2D eigenvalue weighted by Crippen LogP contribution is 2.25. The number of hydrogen-bond acceptors (Lipinski definition) is 12. The number of likely N-dealkylation sites (N-methyl/N-ethyl adjacent to an activating group) is 7. The molecule has 23 heteroatoms. The predicted molar refractivity (Wildman–Crippen MR) is 338 cm³/mol. The van der Waals surface area contributed by atoms with E-state index >= 15 is 9.59 Å². The van der Waals surface area contributed by atoms with Crippen LogP contribution in [0, 0.1) is 41.4 Å². The molecule has 0 aromatic carbocycles. The Hall–Kier alpha value is -6.39. The van der Waals surface area contributed by atoms with E-state index in [4.69, 9.17) is 0 Å². The molecule has 0 fully saturated rings. The molecule has 23 nitrogen and oxygen atoms in total. The molecular formula is C64H113N11O12. The molecule has 11 amide bonds. The summed E-state index contributed by atoms with van der Waals surface area (Å²) >= 11 is 0. The van der Waals surface area contributed by atoms with Crippen LogP contribution in [-0.2, 0) is 52.7 Å².